The van der Waals surface area contributed by atoms with Gasteiger partial charge in [0, 0.05) is 33.3 Å². The third kappa shape index (κ3) is 1.83. The molecule has 0 aliphatic rings. The second-order valence-corrected chi connectivity index (χ2v) is 6.39. The normalized spacial score (nSPS) is 11.7. The van der Waals surface area contributed by atoms with E-state index in [4.69, 9.17) is 11.5 Å². The molecule has 0 fully saturated rings. The first-order chi connectivity index (χ1) is 12.1. The number of halogens is 1. The lowest BCUT2D eigenvalue weighted by Crippen LogP contribution is -1.96. The second kappa shape index (κ2) is 4.84. The lowest BCUT2D eigenvalue weighted by molar-refractivity contribution is 0.631. The number of anilines is 2. The van der Waals surface area contributed by atoms with Crippen molar-refractivity contribution in [3.05, 3.63) is 72.5 Å². The van der Waals surface area contributed by atoms with Crippen LogP contribution in [0.1, 0.15) is 0 Å². The van der Waals surface area contributed by atoms with Gasteiger partial charge in [-0.2, -0.15) is 0 Å². The van der Waals surface area contributed by atoms with Crippen LogP contribution in [0, 0.1) is 5.82 Å². The maximum absolute atomic E-state index is 14.3. The number of rotatable bonds is 1. The maximum atomic E-state index is 14.3. The maximum Gasteiger partial charge on any atom is 0.131 e. The summed E-state index contributed by atoms with van der Waals surface area (Å²) in [4.78, 5) is 0. The zero-order valence-electron chi connectivity index (χ0n) is 13.4. The molecule has 0 aliphatic heterocycles. The number of hydrogen-bond acceptors (Lipinski definition) is 2. The summed E-state index contributed by atoms with van der Waals surface area (Å²) in [6, 6.07) is 20.8. The van der Waals surface area contributed by atoms with Gasteiger partial charge in [-0.15, -0.1) is 0 Å². The van der Waals surface area contributed by atoms with Crippen molar-refractivity contribution in [1.29, 1.82) is 0 Å². The van der Waals surface area contributed by atoms with Crippen molar-refractivity contribution < 1.29 is 4.39 Å². The Labute approximate surface area is 143 Å². The van der Waals surface area contributed by atoms with Crippen molar-refractivity contribution in [2.24, 2.45) is 0 Å². The fourth-order valence-corrected chi connectivity index (χ4v) is 3.82. The van der Waals surface area contributed by atoms with Gasteiger partial charge in [0.15, 0.2) is 0 Å². The Balaban J connectivity index is 1.99. The first-order valence-electron chi connectivity index (χ1n) is 8.15. The summed E-state index contributed by atoms with van der Waals surface area (Å²) in [5.41, 5.74) is 15.2. The molecule has 120 valence electrons. The molecule has 0 radical (unpaired) electrons. The minimum atomic E-state index is -0.272. The Morgan fingerprint density at radius 3 is 2.16 bits per heavy atom. The number of hydrogen-bond donors (Lipinski definition) is 2. The molecule has 0 unspecified atom stereocenters. The molecular weight excluding hydrogens is 311 g/mol. The van der Waals surface area contributed by atoms with Gasteiger partial charge in [0.25, 0.3) is 0 Å². The van der Waals surface area contributed by atoms with E-state index in [1.165, 1.54) is 6.07 Å². The Morgan fingerprint density at radius 2 is 1.32 bits per heavy atom. The van der Waals surface area contributed by atoms with E-state index in [0.717, 1.165) is 43.6 Å². The summed E-state index contributed by atoms with van der Waals surface area (Å²) in [7, 11) is 0. The van der Waals surface area contributed by atoms with Gasteiger partial charge in [-0.3, -0.25) is 0 Å². The summed E-state index contributed by atoms with van der Waals surface area (Å²) in [6.07, 6.45) is 0. The van der Waals surface area contributed by atoms with E-state index in [9.17, 15) is 4.39 Å². The fourth-order valence-electron chi connectivity index (χ4n) is 3.82. The van der Waals surface area contributed by atoms with Gasteiger partial charge in [0.2, 0.25) is 0 Å². The van der Waals surface area contributed by atoms with Crippen LogP contribution >= 0.6 is 0 Å². The van der Waals surface area contributed by atoms with Crippen molar-refractivity contribution in [2.75, 3.05) is 11.5 Å². The average Bonchev–Trinajstić information content (AvgIpc) is 2.63. The van der Waals surface area contributed by atoms with E-state index in [-0.39, 0.29) is 5.82 Å². The van der Waals surface area contributed by atoms with Crippen molar-refractivity contribution in [3.63, 3.8) is 0 Å². The second-order valence-electron chi connectivity index (χ2n) is 6.39. The van der Waals surface area contributed by atoms with Gasteiger partial charge >= 0.3 is 0 Å². The number of nitrogen functional groups attached to an aromatic ring is 2. The lowest BCUT2D eigenvalue weighted by Gasteiger charge is -2.16. The topological polar surface area (TPSA) is 52.0 Å². The van der Waals surface area contributed by atoms with Gasteiger partial charge in [-0.1, -0.05) is 48.5 Å². The van der Waals surface area contributed by atoms with Crippen LogP contribution in [0.5, 0.6) is 0 Å². The minimum absolute atomic E-state index is 0.272. The summed E-state index contributed by atoms with van der Waals surface area (Å²) >= 11 is 0. The van der Waals surface area contributed by atoms with Gasteiger partial charge in [-0.25, -0.2) is 4.39 Å². The molecule has 0 aliphatic carbocycles. The predicted molar refractivity (Wildman–Crippen MR) is 104 cm³/mol. The Bertz CT molecular complexity index is 1270. The molecule has 4 N–H and O–H groups in total. The standard InChI is InChI=1S/C22H15FN2/c23-18-4-2-1-3-14(18)17-11-13-6-8-15-19(24)10-7-12-5-9-16(22(17)25)21(13)20(12)15/h1-11H,24-25H2. The monoisotopic (exact) mass is 326 g/mol. The molecular formula is C22H15FN2. The van der Waals surface area contributed by atoms with Crippen molar-refractivity contribution in [3.8, 4) is 11.1 Å². The molecule has 5 rings (SSSR count). The third-order valence-corrected chi connectivity index (χ3v) is 5.02. The summed E-state index contributed by atoms with van der Waals surface area (Å²) in [6.45, 7) is 0. The summed E-state index contributed by atoms with van der Waals surface area (Å²) < 4.78 is 14.3. The molecule has 0 saturated carbocycles. The van der Waals surface area contributed by atoms with Crippen molar-refractivity contribution in [2.45, 2.75) is 0 Å². The highest BCUT2D eigenvalue weighted by Gasteiger charge is 2.16. The van der Waals surface area contributed by atoms with E-state index >= 15 is 0 Å². The van der Waals surface area contributed by atoms with E-state index in [1.807, 2.05) is 48.5 Å². The molecule has 0 saturated heterocycles. The zero-order chi connectivity index (χ0) is 17.1. The molecule has 25 heavy (non-hydrogen) atoms. The highest BCUT2D eigenvalue weighted by Crippen LogP contribution is 2.43. The fraction of sp³-hybridized carbons (Fsp3) is 0. The smallest absolute Gasteiger partial charge is 0.131 e. The van der Waals surface area contributed by atoms with E-state index in [1.54, 1.807) is 12.1 Å². The zero-order valence-corrected chi connectivity index (χ0v) is 13.4. The minimum Gasteiger partial charge on any atom is -0.398 e. The first-order valence-corrected chi connectivity index (χ1v) is 8.15. The molecule has 0 aromatic heterocycles. The largest absolute Gasteiger partial charge is 0.398 e. The van der Waals surface area contributed by atoms with Crippen LogP contribution in [0.25, 0.3) is 43.4 Å². The summed E-state index contributed by atoms with van der Waals surface area (Å²) in [5.74, 6) is -0.272. The van der Waals surface area contributed by atoms with Crippen LogP contribution in [0.15, 0.2) is 66.7 Å². The molecule has 3 heteroatoms. The molecule has 0 heterocycles. The van der Waals surface area contributed by atoms with Gasteiger partial charge in [-0.05, 0) is 39.7 Å². The van der Waals surface area contributed by atoms with E-state index in [0.29, 0.717) is 11.3 Å². The van der Waals surface area contributed by atoms with Gasteiger partial charge in [0.1, 0.15) is 5.82 Å². The number of nitrogens with two attached hydrogens (primary N) is 2. The van der Waals surface area contributed by atoms with Crippen LogP contribution in [0.4, 0.5) is 15.8 Å². The summed E-state index contributed by atoms with van der Waals surface area (Å²) in [5, 5.41) is 6.31. The third-order valence-electron chi connectivity index (χ3n) is 5.02. The first kappa shape index (κ1) is 14.1. The van der Waals surface area contributed by atoms with Gasteiger partial charge in [0.05, 0.1) is 0 Å². The van der Waals surface area contributed by atoms with Crippen molar-refractivity contribution >= 4 is 43.7 Å². The predicted octanol–water partition coefficient (Wildman–Crippen LogP) is 5.55. The van der Waals surface area contributed by atoms with E-state index < -0.39 is 0 Å². The van der Waals surface area contributed by atoms with Crippen LogP contribution in [0.3, 0.4) is 0 Å². The van der Waals surface area contributed by atoms with Gasteiger partial charge < -0.3 is 11.5 Å². The van der Waals surface area contributed by atoms with Crippen LogP contribution in [-0.2, 0) is 0 Å². The Kier molecular flexibility index (Phi) is 2.72. The molecule has 5 aromatic carbocycles. The molecule has 0 amide bonds. The Hall–Kier alpha value is -3.33. The quantitative estimate of drug-likeness (QED) is 0.313. The van der Waals surface area contributed by atoms with Crippen LogP contribution in [0.2, 0.25) is 0 Å². The molecule has 2 nitrogen and oxygen atoms in total. The highest BCUT2D eigenvalue weighted by molar-refractivity contribution is 6.28. The van der Waals surface area contributed by atoms with Crippen molar-refractivity contribution in [1.82, 2.24) is 0 Å². The van der Waals surface area contributed by atoms with Crippen LogP contribution in [-0.4, -0.2) is 0 Å². The SMILES string of the molecule is Nc1ccc2ccc3c(N)c(-c4ccccc4F)cc4ccc1c2c43. The molecule has 0 spiro atoms. The lowest BCUT2D eigenvalue weighted by atomic mass is 9.89. The molecule has 0 bridgehead atoms. The average molecular weight is 326 g/mol. The molecule has 5 aromatic rings. The van der Waals surface area contributed by atoms with Crippen LogP contribution < -0.4 is 11.5 Å². The number of benzene rings is 5. The highest BCUT2D eigenvalue weighted by atomic mass is 19.1. The Morgan fingerprint density at radius 1 is 0.640 bits per heavy atom. The van der Waals surface area contributed by atoms with E-state index in [2.05, 4.69) is 0 Å². The molecule has 0 atom stereocenters.